The molecule has 0 saturated carbocycles. The van der Waals surface area contributed by atoms with E-state index in [0.717, 1.165) is 23.0 Å². The first-order valence-corrected chi connectivity index (χ1v) is 7.20. The van der Waals surface area contributed by atoms with Gasteiger partial charge in [0.25, 0.3) is 5.56 Å². The smallest absolute Gasteiger partial charge is 0.331 e. The summed E-state index contributed by atoms with van der Waals surface area (Å²) in [6.07, 6.45) is 3.17. The second kappa shape index (κ2) is 5.63. The van der Waals surface area contributed by atoms with Gasteiger partial charge in [0.05, 0.1) is 6.04 Å². The molecule has 0 aliphatic heterocycles. The molecule has 1 aliphatic rings. The topological polar surface area (TPSA) is 73.1 Å². The summed E-state index contributed by atoms with van der Waals surface area (Å²) in [7, 11) is 1.40. The van der Waals surface area contributed by atoms with Gasteiger partial charge in [-0.1, -0.05) is 24.3 Å². The molecule has 1 aliphatic carbocycles. The van der Waals surface area contributed by atoms with Gasteiger partial charge in [-0.3, -0.25) is 18.7 Å². The van der Waals surface area contributed by atoms with E-state index in [1.165, 1.54) is 29.4 Å². The Morgan fingerprint density at radius 3 is 2.86 bits per heavy atom. The molecule has 0 fully saturated rings. The molecule has 2 aromatic rings. The lowest BCUT2D eigenvalue weighted by atomic mass is 10.1. The summed E-state index contributed by atoms with van der Waals surface area (Å²) in [4.78, 5) is 35.4. The van der Waals surface area contributed by atoms with E-state index in [9.17, 15) is 14.4 Å². The van der Waals surface area contributed by atoms with E-state index in [4.69, 9.17) is 0 Å². The summed E-state index contributed by atoms with van der Waals surface area (Å²) in [6.45, 7) is -0.0916. The maximum absolute atomic E-state index is 12.2. The Bertz CT molecular complexity index is 835. The number of rotatable bonds is 3. The third kappa shape index (κ3) is 2.59. The van der Waals surface area contributed by atoms with E-state index in [1.54, 1.807) is 0 Å². The predicted molar refractivity (Wildman–Crippen MR) is 81.6 cm³/mol. The predicted octanol–water partition coefficient (Wildman–Crippen LogP) is 0.351. The van der Waals surface area contributed by atoms with Crippen LogP contribution in [0.3, 0.4) is 0 Å². The third-order valence-electron chi connectivity index (χ3n) is 4.04. The number of aromatic nitrogens is 2. The first-order valence-electron chi connectivity index (χ1n) is 7.20. The molecule has 0 spiro atoms. The number of hydrogen-bond donors (Lipinski definition) is 1. The lowest BCUT2D eigenvalue weighted by Gasteiger charge is -2.15. The normalized spacial score (nSPS) is 16.3. The quantitative estimate of drug-likeness (QED) is 0.889. The van der Waals surface area contributed by atoms with Crippen LogP contribution in [0.4, 0.5) is 0 Å². The number of amides is 1. The number of fused-ring (bicyclic) bond motifs is 1. The minimum absolute atomic E-state index is 0.00747. The molecule has 1 N–H and O–H groups in total. The van der Waals surface area contributed by atoms with Crippen LogP contribution in [-0.2, 0) is 24.8 Å². The standard InChI is InChI=1S/C16H17N3O3/c1-18-15(21)8-9-19(16(18)22)10-14(20)17-13-7-6-11-4-2-3-5-12(11)13/h2-5,8-9,13H,6-7,10H2,1H3,(H,17,20). The van der Waals surface area contributed by atoms with Crippen molar-refractivity contribution in [1.82, 2.24) is 14.5 Å². The van der Waals surface area contributed by atoms with Crippen LogP contribution in [0.25, 0.3) is 0 Å². The number of carbonyl (C=O) groups excluding carboxylic acids is 1. The van der Waals surface area contributed by atoms with Crippen molar-refractivity contribution in [3.8, 4) is 0 Å². The fourth-order valence-corrected chi connectivity index (χ4v) is 2.84. The maximum atomic E-state index is 12.2. The monoisotopic (exact) mass is 299 g/mol. The average molecular weight is 299 g/mol. The van der Waals surface area contributed by atoms with Gasteiger partial charge in [-0.15, -0.1) is 0 Å². The van der Waals surface area contributed by atoms with Crippen molar-refractivity contribution in [3.63, 3.8) is 0 Å². The SMILES string of the molecule is Cn1c(=O)ccn(CC(=O)NC2CCc3ccccc32)c1=O. The van der Waals surface area contributed by atoms with Crippen LogP contribution in [0, 0.1) is 0 Å². The minimum Gasteiger partial charge on any atom is -0.348 e. The average Bonchev–Trinajstić information content (AvgIpc) is 2.91. The number of nitrogens with one attached hydrogen (secondary N) is 1. The first kappa shape index (κ1) is 14.3. The Hall–Kier alpha value is -2.63. The second-order valence-electron chi connectivity index (χ2n) is 5.48. The number of hydrogen-bond acceptors (Lipinski definition) is 3. The second-order valence-corrected chi connectivity index (χ2v) is 5.48. The van der Waals surface area contributed by atoms with Crippen LogP contribution < -0.4 is 16.6 Å². The van der Waals surface area contributed by atoms with E-state index >= 15 is 0 Å². The van der Waals surface area contributed by atoms with Gasteiger partial charge in [-0.25, -0.2) is 4.79 Å². The highest BCUT2D eigenvalue weighted by atomic mass is 16.2. The highest BCUT2D eigenvalue weighted by molar-refractivity contribution is 5.76. The van der Waals surface area contributed by atoms with Crippen LogP contribution in [0.2, 0.25) is 0 Å². The Morgan fingerprint density at radius 1 is 1.27 bits per heavy atom. The minimum atomic E-state index is -0.491. The molecule has 22 heavy (non-hydrogen) atoms. The first-order chi connectivity index (χ1) is 10.6. The van der Waals surface area contributed by atoms with Crippen molar-refractivity contribution >= 4 is 5.91 Å². The van der Waals surface area contributed by atoms with Crippen molar-refractivity contribution in [3.05, 3.63) is 68.5 Å². The molecule has 6 heteroatoms. The van der Waals surface area contributed by atoms with Crippen LogP contribution in [0.15, 0.2) is 46.1 Å². The highest BCUT2D eigenvalue weighted by Crippen LogP contribution is 2.30. The van der Waals surface area contributed by atoms with E-state index in [-0.39, 0.29) is 24.1 Å². The van der Waals surface area contributed by atoms with Crippen molar-refractivity contribution in [2.45, 2.75) is 25.4 Å². The van der Waals surface area contributed by atoms with Gasteiger partial charge in [0.1, 0.15) is 6.54 Å². The van der Waals surface area contributed by atoms with Gasteiger partial charge < -0.3 is 5.32 Å². The van der Waals surface area contributed by atoms with Gasteiger partial charge in [-0.2, -0.15) is 0 Å². The molecule has 114 valence electrons. The zero-order chi connectivity index (χ0) is 15.7. The lowest BCUT2D eigenvalue weighted by molar-refractivity contribution is -0.122. The molecular weight excluding hydrogens is 282 g/mol. The third-order valence-corrected chi connectivity index (χ3v) is 4.04. The molecule has 1 atom stereocenters. The number of aryl methyl sites for hydroxylation is 1. The Kier molecular flexibility index (Phi) is 3.66. The molecule has 1 aromatic carbocycles. The molecule has 0 bridgehead atoms. The van der Waals surface area contributed by atoms with Crippen molar-refractivity contribution in [2.24, 2.45) is 7.05 Å². The zero-order valence-corrected chi connectivity index (χ0v) is 12.3. The highest BCUT2D eigenvalue weighted by Gasteiger charge is 2.23. The van der Waals surface area contributed by atoms with E-state index < -0.39 is 5.69 Å². The van der Waals surface area contributed by atoms with Crippen molar-refractivity contribution in [2.75, 3.05) is 0 Å². The molecule has 3 rings (SSSR count). The zero-order valence-electron chi connectivity index (χ0n) is 12.3. The van der Waals surface area contributed by atoms with Gasteiger partial charge in [-0.05, 0) is 24.0 Å². The molecule has 0 radical (unpaired) electrons. The van der Waals surface area contributed by atoms with Gasteiger partial charge in [0.2, 0.25) is 5.91 Å². The molecule has 6 nitrogen and oxygen atoms in total. The van der Waals surface area contributed by atoms with Crippen LogP contribution in [-0.4, -0.2) is 15.0 Å². The molecule has 1 unspecified atom stereocenters. The molecule has 1 aromatic heterocycles. The lowest BCUT2D eigenvalue weighted by Crippen LogP contribution is -2.40. The van der Waals surface area contributed by atoms with Crippen molar-refractivity contribution < 1.29 is 4.79 Å². The molecule has 1 amide bonds. The van der Waals surface area contributed by atoms with Gasteiger partial charge >= 0.3 is 5.69 Å². The van der Waals surface area contributed by atoms with Gasteiger partial charge in [0, 0.05) is 19.3 Å². The summed E-state index contributed by atoms with van der Waals surface area (Å²) < 4.78 is 2.22. The van der Waals surface area contributed by atoms with Crippen LogP contribution in [0.5, 0.6) is 0 Å². The Balaban J connectivity index is 1.73. The van der Waals surface area contributed by atoms with E-state index in [1.807, 2.05) is 18.2 Å². The Labute approximate surface area is 127 Å². The number of benzene rings is 1. The summed E-state index contributed by atoms with van der Waals surface area (Å²) >= 11 is 0. The van der Waals surface area contributed by atoms with E-state index in [0.29, 0.717) is 0 Å². The molecule has 0 saturated heterocycles. The van der Waals surface area contributed by atoms with E-state index in [2.05, 4.69) is 11.4 Å². The van der Waals surface area contributed by atoms with Crippen LogP contribution in [0.1, 0.15) is 23.6 Å². The summed E-state index contributed by atoms with van der Waals surface area (Å²) in [5.74, 6) is -0.234. The summed E-state index contributed by atoms with van der Waals surface area (Å²) in [5.41, 5.74) is 1.52. The fraction of sp³-hybridized carbons (Fsp3) is 0.312. The largest absolute Gasteiger partial charge is 0.348 e. The summed E-state index contributed by atoms with van der Waals surface area (Å²) in [6, 6.07) is 9.31. The Morgan fingerprint density at radius 2 is 2.05 bits per heavy atom. The molecule has 1 heterocycles. The molecular formula is C16H17N3O3. The van der Waals surface area contributed by atoms with Crippen molar-refractivity contribution in [1.29, 1.82) is 0 Å². The maximum Gasteiger partial charge on any atom is 0.331 e. The number of carbonyl (C=O) groups is 1. The number of nitrogens with zero attached hydrogens (tertiary/aromatic N) is 2. The van der Waals surface area contributed by atoms with Crippen LogP contribution >= 0.6 is 0 Å². The fourth-order valence-electron chi connectivity index (χ4n) is 2.84. The summed E-state index contributed by atoms with van der Waals surface area (Å²) in [5, 5.41) is 2.96. The van der Waals surface area contributed by atoms with Gasteiger partial charge in [0.15, 0.2) is 0 Å².